The van der Waals surface area contributed by atoms with Crippen molar-refractivity contribution < 1.29 is 9.72 Å². The van der Waals surface area contributed by atoms with E-state index in [1.54, 1.807) is 13.0 Å². The zero-order valence-corrected chi connectivity index (χ0v) is 10.9. The third-order valence-corrected chi connectivity index (χ3v) is 2.75. The van der Waals surface area contributed by atoms with E-state index in [4.69, 9.17) is 0 Å². The Morgan fingerprint density at radius 3 is 2.67 bits per heavy atom. The number of nitrogens with one attached hydrogen (secondary N) is 1. The summed E-state index contributed by atoms with van der Waals surface area (Å²) in [6.07, 6.45) is 1.92. The van der Waals surface area contributed by atoms with Gasteiger partial charge in [0.1, 0.15) is 0 Å². The molecule has 0 aliphatic carbocycles. The van der Waals surface area contributed by atoms with E-state index in [1.165, 1.54) is 12.1 Å². The molecular formula is C13H18N2O3. The first kappa shape index (κ1) is 14.2. The smallest absolute Gasteiger partial charge is 0.272 e. The number of hydrogen-bond donors (Lipinski definition) is 1. The highest BCUT2D eigenvalue weighted by Gasteiger charge is 2.14. The van der Waals surface area contributed by atoms with Gasteiger partial charge in [0.2, 0.25) is 0 Å². The number of rotatable bonds is 5. The maximum atomic E-state index is 11.9. The second-order valence-electron chi connectivity index (χ2n) is 4.42. The van der Waals surface area contributed by atoms with E-state index >= 15 is 0 Å². The van der Waals surface area contributed by atoms with Gasteiger partial charge in [-0.1, -0.05) is 13.3 Å². The lowest BCUT2D eigenvalue weighted by molar-refractivity contribution is -0.385. The van der Waals surface area contributed by atoms with Crippen molar-refractivity contribution >= 4 is 11.6 Å². The van der Waals surface area contributed by atoms with Gasteiger partial charge < -0.3 is 5.32 Å². The van der Waals surface area contributed by atoms with Crippen LogP contribution < -0.4 is 5.32 Å². The van der Waals surface area contributed by atoms with Gasteiger partial charge in [-0.05, 0) is 32.4 Å². The predicted octanol–water partition coefficient (Wildman–Crippen LogP) is 2.82. The number of aryl methyl sites for hydroxylation is 1. The predicted molar refractivity (Wildman–Crippen MR) is 69.7 cm³/mol. The Bertz CT molecular complexity index is 458. The molecule has 1 aromatic rings. The first-order valence-electron chi connectivity index (χ1n) is 6.01. The molecule has 18 heavy (non-hydrogen) atoms. The fourth-order valence-corrected chi connectivity index (χ4v) is 1.81. The molecule has 5 nitrogen and oxygen atoms in total. The van der Waals surface area contributed by atoms with E-state index < -0.39 is 4.92 Å². The van der Waals surface area contributed by atoms with Crippen LogP contribution in [0.5, 0.6) is 0 Å². The third kappa shape index (κ3) is 3.55. The van der Waals surface area contributed by atoms with Crippen LogP contribution in [0.15, 0.2) is 18.2 Å². The largest absolute Gasteiger partial charge is 0.350 e. The molecule has 0 saturated carbocycles. The molecule has 1 aromatic carbocycles. The Hall–Kier alpha value is -1.91. The zero-order valence-electron chi connectivity index (χ0n) is 10.9. The van der Waals surface area contributed by atoms with Crippen molar-refractivity contribution in [2.45, 2.75) is 39.7 Å². The van der Waals surface area contributed by atoms with Crippen LogP contribution in [0.1, 0.15) is 42.6 Å². The summed E-state index contributed by atoms with van der Waals surface area (Å²) in [5, 5.41) is 13.5. The fraction of sp³-hybridized carbons (Fsp3) is 0.462. The molecule has 98 valence electrons. The van der Waals surface area contributed by atoms with Crippen LogP contribution >= 0.6 is 0 Å². The van der Waals surface area contributed by atoms with E-state index in [9.17, 15) is 14.9 Å². The van der Waals surface area contributed by atoms with Gasteiger partial charge in [0.15, 0.2) is 0 Å². The van der Waals surface area contributed by atoms with Crippen LogP contribution in [0.2, 0.25) is 0 Å². The molecule has 0 fully saturated rings. The first-order valence-corrected chi connectivity index (χ1v) is 6.01. The second kappa shape index (κ2) is 6.14. The molecule has 0 spiro atoms. The molecule has 0 heterocycles. The van der Waals surface area contributed by atoms with E-state index in [0.717, 1.165) is 12.8 Å². The van der Waals surface area contributed by atoms with Gasteiger partial charge in [-0.15, -0.1) is 0 Å². The van der Waals surface area contributed by atoms with E-state index in [0.29, 0.717) is 11.1 Å². The Kier molecular flexibility index (Phi) is 4.83. The first-order chi connectivity index (χ1) is 8.45. The molecule has 0 saturated heterocycles. The average molecular weight is 250 g/mol. The van der Waals surface area contributed by atoms with Crippen LogP contribution in [0, 0.1) is 17.0 Å². The maximum Gasteiger partial charge on any atom is 0.272 e. The molecule has 1 N–H and O–H groups in total. The van der Waals surface area contributed by atoms with Gasteiger partial charge in [0.05, 0.1) is 4.92 Å². The van der Waals surface area contributed by atoms with Gasteiger partial charge >= 0.3 is 0 Å². The number of hydrogen-bond acceptors (Lipinski definition) is 3. The van der Waals surface area contributed by atoms with Gasteiger partial charge in [0.25, 0.3) is 11.6 Å². The van der Waals surface area contributed by atoms with Crippen molar-refractivity contribution in [3.63, 3.8) is 0 Å². The molecule has 1 unspecified atom stereocenters. The number of carbonyl (C=O) groups excluding carboxylic acids is 1. The summed E-state index contributed by atoms with van der Waals surface area (Å²) in [6, 6.07) is 4.51. The number of benzene rings is 1. The minimum absolute atomic E-state index is 0.0353. The molecule has 0 aliphatic heterocycles. The Labute approximate surface area is 106 Å². The summed E-state index contributed by atoms with van der Waals surface area (Å²) < 4.78 is 0. The second-order valence-corrected chi connectivity index (χ2v) is 4.42. The molecule has 1 amide bonds. The highest BCUT2D eigenvalue weighted by molar-refractivity contribution is 5.94. The lowest BCUT2D eigenvalue weighted by atomic mass is 10.1. The van der Waals surface area contributed by atoms with Crippen molar-refractivity contribution in [2.75, 3.05) is 0 Å². The van der Waals surface area contributed by atoms with Gasteiger partial charge in [-0.25, -0.2) is 0 Å². The van der Waals surface area contributed by atoms with Gasteiger partial charge in [0, 0.05) is 23.2 Å². The Morgan fingerprint density at radius 1 is 1.50 bits per heavy atom. The quantitative estimate of drug-likeness (QED) is 0.645. The highest BCUT2D eigenvalue weighted by Crippen LogP contribution is 2.18. The molecular weight excluding hydrogens is 232 g/mol. The minimum atomic E-state index is -0.448. The monoisotopic (exact) mass is 250 g/mol. The fourth-order valence-electron chi connectivity index (χ4n) is 1.81. The summed E-state index contributed by atoms with van der Waals surface area (Å²) in [5.41, 5.74) is 0.991. The van der Waals surface area contributed by atoms with Crippen LogP contribution in [-0.2, 0) is 0 Å². The van der Waals surface area contributed by atoms with Crippen molar-refractivity contribution in [3.05, 3.63) is 39.4 Å². The number of nitro benzene ring substituents is 1. The van der Waals surface area contributed by atoms with Gasteiger partial charge in [-0.2, -0.15) is 0 Å². The van der Waals surface area contributed by atoms with Crippen LogP contribution in [-0.4, -0.2) is 16.9 Å². The van der Waals surface area contributed by atoms with Crippen molar-refractivity contribution in [1.29, 1.82) is 0 Å². The van der Waals surface area contributed by atoms with Crippen molar-refractivity contribution in [1.82, 2.24) is 5.32 Å². The molecule has 1 atom stereocenters. The SMILES string of the molecule is CCCC(C)NC(=O)c1ccc([N+](=O)[O-])c(C)c1. The van der Waals surface area contributed by atoms with E-state index in [2.05, 4.69) is 12.2 Å². The van der Waals surface area contributed by atoms with Crippen LogP contribution in [0.25, 0.3) is 0 Å². The van der Waals surface area contributed by atoms with Crippen LogP contribution in [0.3, 0.4) is 0 Å². The molecule has 0 bridgehead atoms. The normalized spacial score (nSPS) is 11.9. The lowest BCUT2D eigenvalue weighted by Gasteiger charge is -2.12. The van der Waals surface area contributed by atoms with Crippen LogP contribution in [0.4, 0.5) is 5.69 Å². The summed E-state index contributed by atoms with van der Waals surface area (Å²) in [5.74, 6) is -0.186. The standard InChI is InChI=1S/C13H18N2O3/c1-4-5-10(3)14-13(16)11-6-7-12(15(17)18)9(2)8-11/h6-8,10H,4-5H2,1-3H3,(H,14,16). The lowest BCUT2D eigenvalue weighted by Crippen LogP contribution is -2.32. The molecule has 1 rings (SSSR count). The summed E-state index contributed by atoms with van der Waals surface area (Å²) in [4.78, 5) is 22.1. The molecule has 5 heteroatoms. The number of carbonyl (C=O) groups is 1. The Balaban J connectivity index is 2.81. The maximum absolute atomic E-state index is 11.9. The highest BCUT2D eigenvalue weighted by atomic mass is 16.6. The molecule has 0 radical (unpaired) electrons. The molecule has 0 aliphatic rings. The summed E-state index contributed by atoms with van der Waals surface area (Å²) in [6.45, 7) is 5.63. The minimum Gasteiger partial charge on any atom is -0.350 e. The summed E-state index contributed by atoms with van der Waals surface area (Å²) >= 11 is 0. The Morgan fingerprint density at radius 2 is 2.17 bits per heavy atom. The molecule has 0 aromatic heterocycles. The number of nitrogens with zero attached hydrogens (tertiary/aromatic N) is 1. The number of nitro groups is 1. The third-order valence-electron chi connectivity index (χ3n) is 2.75. The van der Waals surface area contributed by atoms with Crippen molar-refractivity contribution in [3.8, 4) is 0 Å². The average Bonchev–Trinajstić information content (AvgIpc) is 2.28. The van der Waals surface area contributed by atoms with Crippen molar-refractivity contribution in [2.24, 2.45) is 0 Å². The van der Waals surface area contributed by atoms with E-state index in [-0.39, 0.29) is 17.6 Å². The van der Waals surface area contributed by atoms with Gasteiger partial charge in [-0.3, -0.25) is 14.9 Å². The zero-order chi connectivity index (χ0) is 13.7. The van der Waals surface area contributed by atoms with E-state index in [1.807, 2.05) is 6.92 Å². The topological polar surface area (TPSA) is 72.2 Å². The summed E-state index contributed by atoms with van der Waals surface area (Å²) in [7, 11) is 0. The number of amides is 1.